The van der Waals surface area contributed by atoms with E-state index in [2.05, 4.69) is 25.3 Å². The normalized spacial score (nSPS) is 11.0. The van der Waals surface area contributed by atoms with E-state index < -0.39 is 11.7 Å². The first-order valence-electron chi connectivity index (χ1n) is 8.67. The second-order valence-electron chi connectivity index (χ2n) is 6.39. The molecule has 140 valence electrons. The van der Waals surface area contributed by atoms with E-state index in [1.54, 1.807) is 43.3 Å². The molecule has 0 bridgehead atoms. The van der Waals surface area contributed by atoms with E-state index in [0.29, 0.717) is 22.4 Å². The van der Waals surface area contributed by atoms with E-state index >= 15 is 0 Å². The smallest absolute Gasteiger partial charge is 0.253 e. The maximum atomic E-state index is 14.0. The molecule has 0 unspecified atom stereocenters. The monoisotopic (exact) mass is 376 g/mol. The summed E-state index contributed by atoms with van der Waals surface area (Å²) in [4.78, 5) is 29.7. The Balaban J connectivity index is 1.55. The van der Waals surface area contributed by atoms with Gasteiger partial charge < -0.3 is 5.32 Å². The van der Waals surface area contributed by atoms with Crippen LogP contribution in [0.3, 0.4) is 0 Å². The van der Waals surface area contributed by atoms with Crippen molar-refractivity contribution in [2.24, 2.45) is 0 Å². The lowest BCUT2D eigenvalue weighted by molar-refractivity contribution is 0.0952. The number of pyridine rings is 1. The highest BCUT2D eigenvalue weighted by Crippen LogP contribution is 2.19. The summed E-state index contributed by atoms with van der Waals surface area (Å²) < 4.78 is 15.7. The van der Waals surface area contributed by atoms with Crippen LogP contribution in [0.25, 0.3) is 16.9 Å². The molecular formula is C20H17FN6O. The highest BCUT2D eigenvalue weighted by Gasteiger charge is 2.15. The molecule has 3 aromatic heterocycles. The number of carbonyl (C=O) groups is 1. The number of carbonyl (C=O) groups excluding carboxylic acids is 1. The van der Waals surface area contributed by atoms with Crippen molar-refractivity contribution >= 4 is 16.9 Å². The average Bonchev–Trinajstić information content (AvgIpc) is 3.22. The van der Waals surface area contributed by atoms with E-state index in [9.17, 15) is 9.18 Å². The van der Waals surface area contributed by atoms with Crippen LogP contribution >= 0.6 is 0 Å². The largest absolute Gasteiger partial charge is 0.348 e. The molecule has 3 heterocycles. The van der Waals surface area contributed by atoms with Crippen LogP contribution in [0.4, 0.5) is 4.39 Å². The molecule has 0 saturated heterocycles. The van der Waals surface area contributed by atoms with E-state index in [0.717, 1.165) is 11.4 Å². The average molecular weight is 376 g/mol. The van der Waals surface area contributed by atoms with Crippen molar-refractivity contribution in [2.45, 2.75) is 20.4 Å². The third-order valence-electron chi connectivity index (χ3n) is 4.42. The van der Waals surface area contributed by atoms with Gasteiger partial charge in [0, 0.05) is 31.2 Å². The maximum absolute atomic E-state index is 14.0. The van der Waals surface area contributed by atoms with E-state index in [-0.39, 0.29) is 12.1 Å². The molecule has 0 atom stereocenters. The Morgan fingerprint density at radius 1 is 1.18 bits per heavy atom. The molecular weight excluding hydrogens is 359 g/mol. The van der Waals surface area contributed by atoms with Gasteiger partial charge in [0.05, 0.1) is 22.5 Å². The van der Waals surface area contributed by atoms with Gasteiger partial charge in [-0.25, -0.2) is 24.3 Å². The highest BCUT2D eigenvalue weighted by atomic mass is 19.1. The van der Waals surface area contributed by atoms with Crippen molar-refractivity contribution in [1.29, 1.82) is 0 Å². The summed E-state index contributed by atoms with van der Waals surface area (Å²) >= 11 is 0. The second-order valence-corrected chi connectivity index (χ2v) is 6.39. The summed E-state index contributed by atoms with van der Waals surface area (Å²) in [6.07, 6.45) is 6.80. The van der Waals surface area contributed by atoms with Gasteiger partial charge in [-0.1, -0.05) is 6.07 Å². The Labute approximate surface area is 160 Å². The molecule has 4 aromatic rings. The fourth-order valence-electron chi connectivity index (χ4n) is 2.82. The van der Waals surface area contributed by atoms with Crippen molar-refractivity contribution < 1.29 is 9.18 Å². The molecule has 0 aliphatic heterocycles. The Morgan fingerprint density at radius 3 is 2.71 bits per heavy atom. The number of halogens is 1. The lowest BCUT2D eigenvalue weighted by Crippen LogP contribution is -2.23. The number of hydrogen-bond donors (Lipinski definition) is 1. The van der Waals surface area contributed by atoms with Gasteiger partial charge >= 0.3 is 0 Å². The van der Waals surface area contributed by atoms with Crippen molar-refractivity contribution in [1.82, 2.24) is 29.8 Å². The van der Waals surface area contributed by atoms with Gasteiger partial charge in [0.25, 0.3) is 5.91 Å². The van der Waals surface area contributed by atoms with Gasteiger partial charge in [-0.15, -0.1) is 0 Å². The minimum absolute atomic E-state index is 0.161. The predicted octanol–water partition coefficient (Wildman–Crippen LogP) is 2.90. The highest BCUT2D eigenvalue weighted by molar-refractivity contribution is 6.04. The van der Waals surface area contributed by atoms with Gasteiger partial charge in [-0.3, -0.25) is 9.36 Å². The SMILES string of the molecule is Cc1nc2cc(F)cc(C(=O)NCc3ccc(-n4ccnc4)nc3)c2nc1C. The first-order chi connectivity index (χ1) is 13.5. The first kappa shape index (κ1) is 17.7. The maximum Gasteiger partial charge on any atom is 0.253 e. The van der Waals surface area contributed by atoms with Crippen molar-refractivity contribution in [2.75, 3.05) is 0 Å². The molecule has 1 N–H and O–H groups in total. The van der Waals surface area contributed by atoms with Crippen LogP contribution in [-0.2, 0) is 6.54 Å². The Morgan fingerprint density at radius 2 is 2.00 bits per heavy atom. The number of fused-ring (bicyclic) bond motifs is 1. The van der Waals surface area contributed by atoms with E-state index in [4.69, 9.17) is 0 Å². The standard InChI is InChI=1S/C20H17FN6O/c1-12-13(2)26-19-16(7-15(21)8-17(19)25-12)20(28)24-10-14-3-4-18(23-9-14)27-6-5-22-11-27/h3-9,11H,10H2,1-2H3,(H,24,28). The third-order valence-corrected chi connectivity index (χ3v) is 4.42. The van der Waals surface area contributed by atoms with Crippen LogP contribution in [0, 0.1) is 19.7 Å². The fraction of sp³-hybridized carbons (Fsp3) is 0.150. The molecule has 28 heavy (non-hydrogen) atoms. The predicted molar refractivity (Wildman–Crippen MR) is 101 cm³/mol. The fourth-order valence-corrected chi connectivity index (χ4v) is 2.82. The zero-order valence-corrected chi connectivity index (χ0v) is 15.3. The van der Waals surface area contributed by atoms with Crippen LogP contribution in [0.1, 0.15) is 27.3 Å². The van der Waals surface area contributed by atoms with Crippen LogP contribution in [0.2, 0.25) is 0 Å². The molecule has 0 fully saturated rings. The molecule has 1 amide bonds. The summed E-state index contributed by atoms with van der Waals surface area (Å²) in [6.45, 7) is 3.86. The summed E-state index contributed by atoms with van der Waals surface area (Å²) in [5.74, 6) is -0.216. The van der Waals surface area contributed by atoms with Gasteiger partial charge in [-0.2, -0.15) is 0 Å². The second kappa shape index (κ2) is 7.15. The van der Waals surface area contributed by atoms with Gasteiger partial charge in [0.15, 0.2) is 0 Å². The Kier molecular flexibility index (Phi) is 4.52. The van der Waals surface area contributed by atoms with Gasteiger partial charge in [0.2, 0.25) is 0 Å². The summed E-state index contributed by atoms with van der Waals surface area (Å²) in [5.41, 5.74) is 3.13. The number of rotatable bonds is 4. The topological polar surface area (TPSA) is 85.6 Å². The van der Waals surface area contributed by atoms with Crippen LogP contribution in [0.5, 0.6) is 0 Å². The number of benzene rings is 1. The van der Waals surface area contributed by atoms with Crippen LogP contribution in [-0.4, -0.2) is 30.4 Å². The lowest BCUT2D eigenvalue weighted by atomic mass is 10.1. The van der Waals surface area contributed by atoms with Crippen molar-refractivity contribution in [3.63, 3.8) is 0 Å². The number of aryl methyl sites for hydroxylation is 2. The molecule has 0 aliphatic rings. The van der Waals surface area contributed by atoms with Gasteiger partial charge in [-0.05, 0) is 31.5 Å². The minimum Gasteiger partial charge on any atom is -0.348 e. The number of nitrogens with one attached hydrogen (secondary N) is 1. The third kappa shape index (κ3) is 3.44. The van der Waals surface area contributed by atoms with Crippen molar-refractivity contribution in [3.8, 4) is 5.82 Å². The van der Waals surface area contributed by atoms with Crippen LogP contribution < -0.4 is 5.32 Å². The summed E-state index contributed by atoms with van der Waals surface area (Å²) in [5, 5.41) is 2.79. The molecule has 0 aliphatic carbocycles. The number of hydrogen-bond acceptors (Lipinski definition) is 5. The number of aromatic nitrogens is 5. The zero-order chi connectivity index (χ0) is 19.7. The van der Waals surface area contributed by atoms with Crippen molar-refractivity contribution in [3.05, 3.63) is 77.5 Å². The molecule has 8 heteroatoms. The molecule has 0 spiro atoms. The van der Waals surface area contributed by atoms with Gasteiger partial charge in [0.1, 0.15) is 23.5 Å². The molecule has 4 rings (SSSR count). The lowest BCUT2D eigenvalue weighted by Gasteiger charge is -2.10. The molecule has 0 radical (unpaired) electrons. The zero-order valence-electron chi connectivity index (χ0n) is 15.3. The quantitative estimate of drug-likeness (QED) is 0.592. The Bertz CT molecular complexity index is 1160. The number of amides is 1. The van der Waals surface area contributed by atoms with Crippen LogP contribution in [0.15, 0.2) is 49.2 Å². The molecule has 1 aromatic carbocycles. The van der Waals surface area contributed by atoms with E-state index in [1.807, 2.05) is 12.1 Å². The van der Waals surface area contributed by atoms with E-state index in [1.165, 1.54) is 12.1 Å². The minimum atomic E-state index is -0.526. The summed E-state index contributed by atoms with van der Waals surface area (Å²) in [7, 11) is 0. The summed E-state index contributed by atoms with van der Waals surface area (Å²) in [6, 6.07) is 6.16. The number of imidazole rings is 1. The number of nitrogens with zero attached hydrogens (tertiary/aromatic N) is 5. The molecule has 7 nitrogen and oxygen atoms in total. The first-order valence-corrected chi connectivity index (χ1v) is 8.67. The Hall–Kier alpha value is -3.68. The molecule has 0 saturated carbocycles.